The number of Topliss-reactive ketones (excluding diaryl/α,β-unsaturated/α-hetero) is 1. The van der Waals surface area contributed by atoms with Gasteiger partial charge in [0, 0.05) is 44.0 Å². The summed E-state index contributed by atoms with van der Waals surface area (Å²) in [6.07, 6.45) is 5.13. The maximum absolute atomic E-state index is 11.1. The lowest BCUT2D eigenvalue weighted by Gasteiger charge is -2.26. The molecule has 6 nitrogen and oxygen atoms in total. The van der Waals surface area contributed by atoms with E-state index in [9.17, 15) is 4.79 Å². The molecule has 1 aliphatic heterocycles. The second kappa shape index (κ2) is 16.5. The zero-order chi connectivity index (χ0) is 25.3. The molecule has 2 heterocycles. The zero-order valence-corrected chi connectivity index (χ0v) is 21.6. The molecule has 0 amide bonds. The van der Waals surface area contributed by atoms with Crippen LogP contribution < -0.4 is 4.74 Å². The number of morpholine rings is 1. The maximum Gasteiger partial charge on any atom is 0.316 e. The van der Waals surface area contributed by atoms with E-state index in [2.05, 4.69) is 46.1 Å². The number of aromatic nitrogens is 2. The lowest BCUT2D eigenvalue weighted by molar-refractivity contribution is -0.116. The Kier molecular flexibility index (Phi) is 13.3. The summed E-state index contributed by atoms with van der Waals surface area (Å²) in [5.74, 6) is 0.162. The molecule has 6 heteroatoms. The largest absolute Gasteiger partial charge is 0.462 e. The van der Waals surface area contributed by atoms with Gasteiger partial charge in [0.15, 0.2) is 0 Å². The Morgan fingerprint density at radius 2 is 1.54 bits per heavy atom. The SMILES string of the molecule is CC.CC(=O)Cc1ccc(-c2cnc(OCCN3CCOCC3)nc2)cc1.CCc1ccccc1. The number of benzene rings is 2. The maximum atomic E-state index is 11.1. The molecule has 0 atom stereocenters. The molecule has 1 aromatic heterocycles. The van der Waals surface area contributed by atoms with Gasteiger partial charge in [0.1, 0.15) is 12.4 Å². The minimum absolute atomic E-state index is 0.162. The van der Waals surface area contributed by atoms with Gasteiger partial charge in [-0.1, -0.05) is 75.4 Å². The smallest absolute Gasteiger partial charge is 0.316 e. The van der Waals surface area contributed by atoms with Crippen LogP contribution in [-0.4, -0.2) is 60.1 Å². The number of carbonyl (C=O) groups is 1. The Balaban J connectivity index is 0.000000363. The van der Waals surface area contributed by atoms with Gasteiger partial charge in [-0.05, 0) is 30.0 Å². The first-order chi connectivity index (χ1) is 17.1. The summed E-state index contributed by atoms with van der Waals surface area (Å²) >= 11 is 0. The Hall–Kier alpha value is -3.09. The van der Waals surface area contributed by atoms with Crippen LogP contribution in [0.5, 0.6) is 6.01 Å². The summed E-state index contributed by atoms with van der Waals surface area (Å²) < 4.78 is 10.9. The van der Waals surface area contributed by atoms with Gasteiger partial charge in [-0.25, -0.2) is 9.97 Å². The first-order valence-corrected chi connectivity index (χ1v) is 12.5. The van der Waals surface area contributed by atoms with Gasteiger partial charge in [0.25, 0.3) is 0 Å². The van der Waals surface area contributed by atoms with E-state index in [0.29, 0.717) is 19.0 Å². The third-order valence-corrected chi connectivity index (χ3v) is 5.36. The third-order valence-electron chi connectivity index (χ3n) is 5.36. The molecule has 0 N–H and O–H groups in total. The van der Waals surface area contributed by atoms with Gasteiger partial charge in [0.05, 0.1) is 13.2 Å². The van der Waals surface area contributed by atoms with Gasteiger partial charge < -0.3 is 9.47 Å². The molecule has 35 heavy (non-hydrogen) atoms. The highest BCUT2D eigenvalue weighted by atomic mass is 16.5. The number of hydrogen-bond acceptors (Lipinski definition) is 6. The van der Waals surface area contributed by atoms with Crippen molar-refractivity contribution in [3.05, 3.63) is 78.1 Å². The molecule has 2 aromatic carbocycles. The van der Waals surface area contributed by atoms with Gasteiger partial charge in [-0.2, -0.15) is 0 Å². The topological polar surface area (TPSA) is 64.5 Å². The second-order valence-corrected chi connectivity index (χ2v) is 7.97. The molecule has 1 fully saturated rings. The van der Waals surface area contributed by atoms with Crippen molar-refractivity contribution in [1.29, 1.82) is 0 Å². The number of rotatable bonds is 8. The normalized spacial score (nSPS) is 13.0. The van der Waals surface area contributed by atoms with E-state index in [0.717, 1.165) is 56.0 Å². The molecular weight excluding hydrogens is 438 g/mol. The van der Waals surface area contributed by atoms with Crippen LogP contribution in [0.3, 0.4) is 0 Å². The van der Waals surface area contributed by atoms with Crippen molar-refractivity contribution in [2.24, 2.45) is 0 Å². The summed E-state index contributed by atoms with van der Waals surface area (Å²) in [6, 6.07) is 18.7. The molecule has 0 radical (unpaired) electrons. The average Bonchev–Trinajstić information content (AvgIpc) is 2.92. The number of hydrogen-bond donors (Lipinski definition) is 0. The predicted octanol–water partition coefficient (Wildman–Crippen LogP) is 5.26. The average molecular weight is 478 g/mol. The minimum atomic E-state index is 0.162. The zero-order valence-electron chi connectivity index (χ0n) is 21.6. The molecule has 188 valence electrons. The summed E-state index contributed by atoms with van der Waals surface area (Å²) in [6.45, 7) is 12.7. The van der Waals surface area contributed by atoms with Crippen LogP contribution in [0.15, 0.2) is 67.0 Å². The van der Waals surface area contributed by atoms with E-state index in [1.54, 1.807) is 19.3 Å². The Bertz CT molecular complexity index is 955. The number of aryl methyl sites for hydroxylation is 1. The van der Waals surface area contributed by atoms with Crippen molar-refractivity contribution in [2.45, 2.75) is 40.5 Å². The fourth-order valence-electron chi connectivity index (χ4n) is 3.45. The van der Waals surface area contributed by atoms with Crippen molar-refractivity contribution in [2.75, 3.05) is 39.5 Å². The monoisotopic (exact) mass is 477 g/mol. The van der Waals surface area contributed by atoms with Crippen LogP contribution in [0.2, 0.25) is 0 Å². The van der Waals surface area contributed by atoms with Crippen LogP contribution in [0.1, 0.15) is 38.8 Å². The predicted molar refractivity (Wildman–Crippen MR) is 142 cm³/mol. The highest BCUT2D eigenvalue weighted by molar-refractivity contribution is 5.78. The molecule has 4 rings (SSSR count). The van der Waals surface area contributed by atoms with Crippen molar-refractivity contribution >= 4 is 5.78 Å². The molecule has 0 unspecified atom stereocenters. The lowest BCUT2D eigenvalue weighted by atomic mass is 10.0. The van der Waals surface area contributed by atoms with Crippen molar-refractivity contribution in [3.8, 4) is 17.1 Å². The summed E-state index contributed by atoms with van der Waals surface area (Å²) in [4.78, 5) is 22.0. The number of nitrogens with zero attached hydrogens (tertiary/aromatic N) is 3. The van der Waals surface area contributed by atoms with Crippen LogP contribution >= 0.6 is 0 Å². The van der Waals surface area contributed by atoms with Gasteiger partial charge in [-0.3, -0.25) is 9.69 Å². The number of carbonyl (C=O) groups excluding carboxylic acids is 1. The number of ether oxygens (including phenoxy) is 2. The number of ketones is 1. The molecule has 0 saturated carbocycles. The lowest BCUT2D eigenvalue weighted by Crippen LogP contribution is -2.38. The van der Waals surface area contributed by atoms with Crippen LogP contribution in [0, 0.1) is 0 Å². The Morgan fingerprint density at radius 3 is 2.09 bits per heavy atom. The molecule has 1 saturated heterocycles. The van der Waals surface area contributed by atoms with E-state index in [-0.39, 0.29) is 5.78 Å². The molecular formula is C29H39N3O3. The van der Waals surface area contributed by atoms with Crippen LogP contribution in [-0.2, 0) is 22.4 Å². The first-order valence-electron chi connectivity index (χ1n) is 12.5. The Labute approximate surface area is 210 Å². The summed E-state index contributed by atoms with van der Waals surface area (Å²) in [7, 11) is 0. The van der Waals surface area contributed by atoms with E-state index < -0.39 is 0 Å². The van der Waals surface area contributed by atoms with Gasteiger partial charge in [0.2, 0.25) is 0 Å². The summed E-state index contributed by atoms with van der Waals surface area (Å²) in [5, 5.41) is 0. The quantitative estimate of drug-likeness (QED) is 0.441. The fraction of sp³-hybridized carbons (Fsp3) is 0.414. The van der Waals surface area contributed by atoms with E-state index in [1.165, 1.54) is 5.56 Å². The highest BCUT2D eigenvalue weighted by Crippen LogP contribution is 2.19. The van der Waals surface area contributed by atoms with E-state index in [4.69, 9.17) is 9.47 Å². The highest BCUT2D eigenvalue weighted by Gasteiger charge is 2.10. The summed E-state index contributed by atoms with van der Waals surface area (Å²) in [5.41, 5.74) is 4.37. The first kappa shape index (κ1) is 28.1. The fourth-order valence-corrected chi connectivity index (χ4v) is 3.45. The van der Waals surface area contributed by atoms with Crippen LogP contribution in [0.25, 0.3) is 11.1 Å². The van der Waals surface area contributed by atoms with Gasteiger partial charge >= 0.3 is 6.01 Å². The second-order valence-electron chi connectivity index (χ2n) is 7.97. The van der Waals surface area contributed by atoms with E-state index in [1.807, 2.05) is 44.2 Å². The van der Waals surface area contributed by atoms with Gasteiger partial charge in [-0.15, -0.1) is 0 Å². The van der Waals surface area contributed by atoms with Crippen LogP contribution in [0.4, 0.5) is 0 Å². The van der Waals surface area contributed by atoms with E-state index >= 15 is 0 Å². The van der Waals surface area contributed by atoms with Crippen molar-refractivity contribution in [1.82, 2.24) is 14.9 Å². The molecule has 3 aromatic rings. The van der Waals surface area contributed by atoms with Crippen molar-refractivity contribution < 1.29 is 14.3 Å². The third kappa shape index (κ3) is 10.8. The molecule has 1 aliphatic rings. The molecule has 0 bridgehead atoms. The molecule has 0 aliphatic carbocycles. The minimum Gasteiger partial charge on any atom is -0.462 e. The Morgan fingerprint density at radius 1 is 0.914 bits per heavy atom. The molecule has 0 spiro atoms. The van der Waals surface area contributed by atoms with Crippen molar-refractivity contribution in [3.63, 3.8) is 0 Å². The standard InChI is InChI=1S/C19H23N3O3.C8H10.C2H6/c1-15(23)12-16-2-4-17(5-3-16)18-13-20-19(21-14-18)25-11-8-22-6-9-24-10-7-22;1-2-8-6-4-3-5-7-8;1-2/h2-5,13-14H,6-12H2,1H3;3-7H,2H2,1H3;1-2H3.